The second kappa shape index (κ2) is 5.15. The van der Waals surface area contributed by atoms with Crippen molar-refractivity contribution < 1.29 is 13.9 Å². The van der Waals surface area contributed by atoms with E-state index in [1.54, 1.807) is 13.0 Å². The van der Waals surface area contributed by atoms with Gasteiger partial charge in [-0.3, -0.25) is 4.79 Å². The zero-order valence-electron chi connectivity index (χ0n) is 10.0. The van der Waals surface area contributed by atoms with Crippen LogP contribution in [0, 0.1) is 24.1 Å². The van der Waals surface area contributed by atoms with E-state index < -0.39 is 11.9 Å². The smallest absolute Gasteiger partial charge is 0.254 e. The number of aryl methyl sites for hydroxylation is 1. The Morgan fingerprint density at radius 2 is 2.33 bits per heavy atom. The summed E-state index contributed by atoms with van der Waals surface area (Å²) in [6.07, 6.45) is -0.600. The Morgan fingerprint density at radius 1 is 1.56 bits per heavy atom. The highest BCUT2D eigenvalue weighted by Gasteiger charge is 2.25. The number of morpholine rings is 1. The molecule has 0 radical (unpaired) electrons. The lowest BCUT2D eigenvalue weighted by atomic mass is 10.1. The summed E-state index contributed by atoms with van der Waals surface area (Å²) in [5, 5.41) is 8.78. The third-order valence-electron chi connectivity index (χ3n) is 2.79. The van der Waals surface area contributed by atoms with E-state index in [0.717, 1.165) is 0 Å². The molecule has 0 aromatic heterocycles. The Hall–Kier alpha value is -1.93. The molecule has 1 aromatic rings. The zero-order chi connectivity index (χ0) is 13.1. The highest BCUT2D eigenvalue weighted by Crippen LogP contribution is 2.13. The van der Waals surface area contributed by atoms with Gasteiger partial charge in [-0.2, -0.15) is 5.26 Å². The first kappa shape index (κ1) is 12.5. The van der Waals surface area contributed by atoms with Gasteiger partial charge in [0.2, 0.25) is 0 Å². The van der Waals surface area contributed by atoms with Crippen LogP contribution >= 0.6 is 0 Å². The molecular formula is C13H13FN2O2. The average molecular weight is 248 g/mol. The lowest BCUT2D eigenvalue weighted by Gasteiger charge is -2.29. The molecule has 1 amide bonds. The van der Waals surface area contributed by atoms with Gasteiger partial charge >= 0.3 is 0 Å². The first-order valence-electron chi connectivity index (χ1n) is 5.68. The van der Waals surface area contributed by atoms with Crippen LogP contribution in [0.5, 0.6) is 0 Å². The van der Waals surface area contributed by atoms with Gasteiger partial charge in [0, 0.05) is 12.1 Å². The molecule has 1 atom stereocenters. The van der Waals surface area contributed by atoms with E-state index in [0.29, 0.717) is 24.3 Å². The fourth-order valence-corrected chi connectivity index (χ4v) is 1.95. The minimum Gasteiger partial charge on any atom is -0.360 e. The van der Waals surface area contributed by atoms with E-state index in [1.165, 1.54) is 17.0 Å². The third kappa shape index (κ3) is 2.66. The molecular weight excluding hydrogens is 235 g/mol. The first-order chi connectivity index (χ1) is 8.60. The number of nitriles is 1. The predicted octanol–water partition coefficient (Wildman–Crippen LogP) is 1.50. The van der Waals surface area contributed by atoms with E-state index >= 15 is 0 Å². The summed E-state index contributed by atoms with van der Waals surface area (Å²) in [6.45, 7) is 2.72. The van der Waals surface area contributed by atoms with Crippen molar-refractivity contribution >= 4 is 5.91 Å². The van der Waals surface area contributed by atoms with Crippen LogP contribution in [0.25, 0.3) is 0 Å². The lowest BCUT2D eigenvalue weighted by molar-refractivity contribution is 0.00345. The maximum Gasteiger partial charge on any atom is 0.254 e. The van der Waals surface area contributed by atoms with Crippen LogP contribution < -0.4 is 0 Å². The quantitative estimate of drug-likeness (QED) is 0.756. The molecule has 0 aliphatic carbocycles. The number of carbonyl (C=O) groups excluding carboxylic acids is 1. The van der Waals surface area contributed by atoms with Crippen LogP contribution in [0.2, 0.25) is 0 Å². The lowest BCUT2D eigenvalue weighted by Crippen LogP contribution is -2.45. The molecule has 0 saturated carbocycles. The molecule has 1 unspecified atom stereocenters. The number of ether oxygens (including phenoxy) is 1. The van der Waals surface area contributed by atoms with E-state index in [4.69, 9.17) is 10.00 Å². The van der Waals surface area contributed by atoms with Crippen molar-refractivity contribution in [2.75, 3.05) is 19.7 Å². The number of nitrogens with zero attached hydrogens (tertiary/aromatic N) is 2. The van der Waals surface area contributed by atoms with Gasteiger partial charge in [-0.25, -0.2) is 4.39 Å². The molecule has 1 heterocycles. The first-order valence-corrected chi connectivity index (χ1v) is 5.68. The second-order valence-electron chi connectivity index (χ2n) is 4.26. The van der Waals surface area contributed by atoms with Crippen LogP contribution in [0.15, 0.2) is 18.2 Å². The van der Waals surface area contributed by atoms with Crippen LogP contribution in [0.4, 0.5) is 4.39 Å². The van der Waals surface area contributed by atoms with Gasteiger partial charge in [-0.15, -0.1) is 0 Å². The molecule has 0 spiro atoms. The number of rotatable bonds is 1. The van der Waals surface area contributed by atoms with Crippen LogP contribution in [0.3, 0.4) is 0 Å². The number of hydrogen-bond donors (Lipinski definition) is 0. The predicted molar refractivity (Wildman–Crippen MR) is 62.4 cm³/mol. The maximum absolute atomic E-state index is 13.3. The number of carbonyl (C=O) groups is 1. The summed E-state index contributed by atoms with van der Waals surface area (Å²) in [5.74, 6) is -0.690. The Kier molecular flexibility index (Phi) is 3.58. The molecule has 0 N–H and O–H groups in total. The van der Waals surface area contributed by atoms with Crippen molar-refractivity contribution in [1.82, 2.24) is 4.90 Å². The van der Waals surface area contributed by atoms with E-state index in [1.807, 2.05) is 6.07 Å². The Balaban J connectivity index is 2.18. The Labute approximate surface area is 105 Å². The van der Waals surface area contributed by atoms with Crippen molar-refractivity contribution in [3.8, 4) is 6.07 Å². The molecule has 2 rings (SSSR count). The monoisotopic (exact) mass is 248 g/mol. The third-order valence-corrected chi connectivity index (χ3v) is 2.79. The van der Waals surface area contributed by atoms with Gasteiger partial charge in [-0.1, -0.05) is 0 Å². The molecule has 1 aliphatic heterocycles. The largest absolute Gasteiger partial charge is 0.360 e. The standard InChI is InChI=1S/C13H13FN2O2/c1-9-4-10(6-11(14)5-9)13(17)16-2-3-18-12(7-15)8-16/h4-6,12H,2-3,8H2,1H3. The fourth-order valence-electron chi connectivity index (χ4n) is 1.95. The van der Waals surface area contributed by atoms with E-state index in [2.05, 4.69) is 0 Å². The fraction of sp³-hybridized carbons (Fsp3) is 0.385. The molecule has 1 aromatic carbocycles. The summed E-state index contributed by atoms with van der Waals surface area (Å²) in [6, 6.07) is 6.20. The van der Waals surface area contributed by atoms with Crippen molar-refractivity contribution in [3.05, 3.63) is 35.1 Å². The van der Waals surface area contributed by atoms with Crippen molar-refractivity contribution in [2.24, 2.45) is 0 Å². The number of halogens is 1. The minimum atomic E-state index is -0.600. The van der Waals surface area contributed by atoms with Crippen LogP contribution in [0.1, 0.15) is 15.9 Å². The van der Waals surface area contributed by atoms with E-state index in [9.17, 15) is 9.18 Å². The maximum atomic E-state index is 13.3. The topological polar surface area (TPSA) is 53.3 Å². The molecule has 4 nitrogen and oxygen atoms in total. The van der Waals surface area contributed by atoms with Gasteiger partial charge in [0.05, 0.1) is 19.2 Å². The summed E-state index contributed by atoms with van der Waals surface area (Å²) >= 11 is 0. The average Bonchev–Trinajstić information content (AvgIpc) is 2.37. The van der Waals surface area contributed by atoms with Gasteiger partial charge in [0.25, 0.3) is 5.91 Å². The number of amides is 1. The molecule has 1 aliphatic rings. The molecule has 1 fully saturated rings. The highest BCUT2D eigenvalue weighted by molar-refractivity contribution is 5.94. The molecule has 5 heteroatoms. The van der Waals surface area contributed by atoms with E-state index in [-0.39, 0.29) is 12.5 Å². The second-order valence-corrected chi connectivity index (χ2v) is 4.26. The normalized spacial score (nSPS) is 19.4. The van der Waals surface area contributed by atoms with Gasteiger partial charge in [0.15, 0.2) is 6.10 Å². The molecule has 18 heavy (non-hydrogen) atoms. The van der Waals surface area contributed by atoms with Gasteiger partial charge in [-0.05, 0) is 30.7 Å². The number of benzene rings is 1. The Bertz CT molecular complexity index is 490. The Morgan fingerprint density at radius 3 is 3.00 bits per heavy atom. The summed E-state index contributed by atoms with van der Waals surface area (Å²) in [4.78, 5) is 13.7. The molecule has 1 saturated heterocycles. The summed E-state index contributed by atoms with van der Waals surface area (Å²) < 4.78 is 18.4. The summed E-state index contributed by atoms with van der Waals surface area (Å²) in [5.41, 5.74) is 1.01. The van der Waals surface area contributed by atoms with Crippen molar-refractivity contribution in [1.29, 1.82) is 5.26 Å². The number of hydrogen-bond acceptors (Lipinski definition) is 3. The minimum absolute atomic E-state index is 0.227. The summed E-state index contributed by atoms with van der Waals surface area (Å²) in [7, 11) is 0. The van der Waals surface area contributed by atoms with Crippen LogP contribution in [-0.4, -0.2) is 36.6 Å². The highest BCUT2D eigenvalue weighted by atomic mass is 19.1. The SMILES string of the molecule is Cc1cc(F)cc(C(=O)N2CCOC(C#N)C2)c1. The van der Waals surface area contributed by atoms with Gasteiger partial charge in [0.1, 0.15) is 5.82 Å². The zero-order valence-corrected chi connectivity index (χ0v) is 10.0. The van der Waals surface area contributed by atoms with Crippen molar-refractivity contribution in [2.45, 2.75) is 13.0 Å². The molecule has 0 bridgehead atoms. The van der Waals surface area contributed by atoms with Crippen LogP contribution in [-0.2, 0) is 4.74 Å². The molecule has 94 valence electrons. The van der Waals surface area contributed by atoms with Gasteiger partial charge < -0.3 is 9.64 Å². The van der Waals surface area contributed by atoms with Crippen molar-refractivity contribution in [3.63, 3.8) is 0 Å².